The number of benzene rings is 3. The molecule has 0 bridgehead atoms. The molecule has 3 aromatic carbocycles. The number of nitrogens with zero attached hydrogens (tertiary/aromatic N) is 2. The Bertz CT molecular complexity index is 924. The lowest BCUT2D eigenvalue weighted by atomic mass is 10.1. The van der Waals surface area contributed by atoms with Gasteiger partial charge in [-0.05, 0) is 23.3 Å². The first-order valence-corrected chi connectivity index (χ1v) is 8.60. The van der Waals surface area contributed by atoms with Gasteiger partial charge in [-0.15, -0.1) is 0 Å². The molecule has 6 nitrogen and oxygen atoms in total. The van der Waals surface area contributed by atoms with E-state index in [9.17, 15) is 19.3 Å². The van der Waals surface area contributed by atoms with Gasteiger partial charge >= 0.3 is 5.69 Å². The molecule has 1 N–H and O–H groups in total. The summed E-state index contributed by atoms with van der Waals surface area (Å²) in [6.07, 6.45) is 0. The number of halogens is 1. The zero-order valence-corrected chi connectivity index (χ0v) is 14.9. The van der Waals surface area contributed by atoms with Crippen molar-refractivity contribution in [1.82, 2.24) is 10.4 Å². The Balaban J connectivity index is 1.81. The molecular weight excluding hydrogens is 361 g/mol. The van der Waals surface area contributed by atoms with Crippen molar-refractivity contribution in [3.05, 3.63) is 111 Å². The topological polar surface area (TPSA) is 75.5 Å². The average Bonchev–Trinajstić information content (AvgIpc) is 2.69. The molecule has 142 valence electrons. The second kappa shape index (κ2) is 8.88. The van der Waals surface area contributed by atoms with E-state index in [0.29, 0.717) is 13.1 Å². The van der Waals surface area contributed by atoms with Gasteiger partial charge in [-0.2, -0.15) is 4.39 Å². The van der Waals surface area contributed by atoms with Gasteiger partial charge in [-0.3, -0.25) is 20.3 Å². The number of nitro groups is 1. The molecule has 0 radical (unpaired) electrons. The van der Waals surface area contributed by atoms with Crippen LogP contribution in [0.3, 0.4) is 0 Å². The van der Waals surface area contributed by atoms with Crippen LogP contribution in [0.4, 0.5) is 10.1 Å². The molecule has 0 spiro atoms. The SMILES string of the molecule is O=C(NN(Cc1ccccc1)Cc1ccccc1)c1ccc(F)c([N+](=O)[O-])c1. The maximum atomic E-state index is 13.5. The Morgan fingerprint density at radius 1 is 0.929 bits per heavy atom. The quantitative estimate of drug-likeness (QED) is 0.496. The zero-order valence-electron chi connectivity index (χ0n) is 14.9. The molecule has 0 saturated heterocycles. The number of hydrogen-bond donors (Lipinski definition) is 1. The van der Waals surface area contributed by atoms with Crippen LogP contribution in [0.5, 0.6) is 0 Å². The molecule has 0 aliphatic rings. The molecule has 0 fully saturated rings. The van der Waals surface area contributed by atoms with Gasteiger partial charge in [0.1, 0.15) is 0 Å². The number of hydrogen-bond acceptors (Lipinski definition) is 4. The Labute approximate surface area is 161 Å². The van der Waals surface area contributed by atoms with Gasteiger partial charge in [0.15, 0.2) is 0 Å². The number of amides is 1. The van der Waals surface area contributed by atoms with Crippen molar-refractivity contribution in [1.29, 1.82) is 0 Å². The fourth-order valence-corrected chi connectivity index (χ4v) is 2.74. The van der Waals surface area contributed by atoms with Crippen LogP contribution in [0.1, 0.15) is 21.5 Å². The van der Waals surface area contributed by atoms with Crippen molar-refractivity contribution >= 4 is 11.6 Å². The van der Waals surface area contributed by atoms with Crippen LogP contribution in [0.2, 0.25) is 0 Å². The highest BCUT2D eigenvalue weighted by Gasteiger charge is 2.19. The summed E-state index contributed by atoms with van der Waals surface area (Å²) in [5.41, 5.74) is 4.03. The number of nitro benzene ring substituents is 1. The predicted molar refractivity (Wildman–Crippen MR) is 103 cm³/mol. The maximum Gasteiger partial charge on any atom is 0.305 e. The second-order valence-corrected chi connectivity index (χ2v) is 6.19. The number of carbonyl (C=O) groups excluding carboxylic acids is 1. The lowest BCUT2D eigenvalue weighted by Crippen LogP contribution is -2.41. The van der Waals surface area contributed by atoms with E-state index in [2.05, 4.69) is 5.43 Å². The molecule has 3 aromatic rings. The third kappa shape index (κ3) is 4.99. The largest absolute Gasteiger partial charge is 0.305 e. The molecule has 0 heterocycles. The van der Waals surface area contributed by atoms with E-state index in [0.717, 1.165) is 23.3 Å². The number of hydrazine groups is 1. The number of carbonyl (C=O) groups is 1. The first-order chi connectivity index (χ1) is 13.5. The molecule has 0 aromatic heterocycles. The fraction of sp³-hybridized carbons (Fsp3) is 0.0952. The Hall–Kier alpha value is -3.58. The molecule has 0 aliphatic carbocycles. The molecule has 0 saturated carbocycles. The van der Waals surface area contributed by atoms with Crippen molar-refractivity contribution in [3.8, 4) is 0 Å². The lowest BCUT2D eigenvalue weighted by Gasteiger charge is -2.23. The van der Waals surface area contributed by atoms with E-state index in [4.69, 9.17) is 0 Å². The van der Waals surface area contributed by atoms with Crippen molar-refractivity contribution in [3.63, 3.8) is 0 Å². The summed E-state index contributed by atoms with van der Waals surface area (Å²) in [6.45, 7) is 0.871. The highest BCUT2D eigenvalue weighted by molar-refractivity contribution is 5.94. The molecule has 1 amide bonds. The Morgan fingerprint density at radius 2 is 1.46 bits per heavy atom. The van der Waals surface area contributed by atoms with Crippen LogP contribution in [-0.4, -0.2) is 15.8 Å². The lowest BCUT2D eigenvalue weighted by molar-refractivity contribution is -0.387. The second-order valence-electron chi connectivity index (χ2n) is 6.19. The highest BCUT2D eigenvalue weighted by atomic mass is 19.1. The third-order valence-corrected chi connectivity index (χ3v) is 4.10. The molecule has 0 atom stereocenters. The summed E-state index contributed by atoms with van der Waals surface area (Å²) in [5.74, 6) is -1.53. The molecule has 28 heavy (non-hydrogen) atoms. The van der Waals surface area contributed by atoms with Gasteiger partial charge in [0.25, 0.3) is 5.91 Å². The van der Waals surface area contributed by atoms with Crippen LogP contribution in [0, 0.1) is 15.9 Å². The number of rotatable bonds is 7. The Kier molecular flexibility index (Phi) is 6.08. The van der Waals surface area contributed by atoms with Crippen LogP contribution in [-0.2, 0) is 13.1 Å². The molecule has 0 aliphatic heterocycles. The minimum Gasteiger partial charge on any atom is -0.284 e. The first-order valence-electron chi connectivity index (χ1n) is 8.60. The minimum absolute atomic E-state index is 0.0132. The van der Waals surface area contributed by atoms with E-state index in [1.807, 2.05) is 60.7 Å². The van der Waals surface area contributed by atoms with E-state index in [1.165, 1.54) is 6.07 Å². The fourth-order valence-electron chi connectivity index (χ4n) is 2.74. The van der Waals surface area contributed by atoms with E-state index >= 15 is 0 Å². The number of nitrogens with one attached hydrogen (secondary N) is 1. The van der Waals surface area contributed by atoms with Crippen molar-refractivity contribution in [2.24, 2.45) is 0 Å². The maximum absolute atomic E-state index is 13.5. The summed E-state index contributed by atoms with van der Waals surface area (Å²) in [7, 11) is 0. The molecular formula is C21H18FN3O3. The summed E-state index contributed by atoms with van der Waals surface area (Å²) >= 11 is 0. The van der Waals surface area contributed by atoms with Gasteiger partial charge < -0.3 is 0 Å². The molecule has 0 unspecified atom stereocenters. The van der Waals surface area contributed by atoms with E-state index < -0.39 is 22.3 Å². The van der Waals surface area contributed by atoms with Gasteiger partial charge in [0, 0.05) is 24.7 Å². The minimum atomic E-state index is -0.980. The smallest absolute Gasteiger partial charge is 0.284 e. The average molecular weight is 379 g/mol. The van der Waals surface area contributed by atoms with Gasteiger partial charge in [0.2, 0.25) is 5.82 Å². The summed E-state index contributed by atoms with van der Waals surface area (Å²) in [6, 6.07) is 22.3. The predicted octanol–water partition coefficient (Wildman–Crippen LogP) is 4.08. The third-order valence-electron chi connectivity index (χ3n) is 4.10. The normalized spacial score (nSPS) is 10.6. The Morgan fingerprint density at radius 3 is 1.96 bits per heavy atom. The van der Waals surface area contributed by atoms with Crippen LogP contribution in [0.25, 0.3) is 0 Å². The standard InChI is InChI=1S/C21H18FN3O3/c22-19-12-11-18(13-20(19)25(27)28)21(26)23-24(14-16-7-3-1-4-8-16)15-17-9-5-2-6-10-17/h1-13H,14-15H2,(H,23,26). The van der Waals surface area contributed by atoms with Gasteiger partial charge in [-0.1, -0.05) is 60.7 Å². The first kappa shape index (κ1) is 19.2. The van der Waals surface area contributed by atoms with Crippen LogP contribution < -0.4 is 5.43 Å². The summed E-state index contributed by atoms with van der Waals surface area (Å²) < 4.78 is 13.5. The summed E-state index contributed by atoms with van der Waals surface area (Å²) in [4.78, 5) is 22.7. The molecule has 3 rings (SSSR count). The van der Waals surface area contributed by atoms with Gasteiger partial charge in [0.05, 0.1) is 4.92 Å². The monoisotopic (exact) mass is 379 g/mol. The van der Waals surface area contributed by atoms with Crippen LogP contribution >= 0.6 is 0 Å². The van der Waals surface area contributed by atoms with Crippen molar-refractivity contribution in [2.45, 2.75) is 13.1 Å². The highest BCUT2D eigenvalue weighted by Crippen LogP contribution is 2.19. The van der Waals surface area contributed by atoms with Gasteiger partial charge in [-0.25, -0.2) is 5.01 Å². The van der Waals surface area contributed by atoms with Crippen molar-refractivity contribution in [2.75, 3.05) is 0 Å². The summed E-state index contributed by atoms with van der Waals surface area (Å²) in [5, 5.41) is 12.6. The van der Waals surface area contributed by atoms with Crippen molar-refractivity contribution < 1.29 is 14.1 Å². The van der Waals surface area contributed by atoms with E-state index in [-0.39, 0.29) is 5.56 Å². The van der Waals surface area contributed by atoms with Crippen LogP contribution in [0.15, 0.2) is 78.9 Å². The van der Waals surface area contributed by atoms with E-state index in [1.54, 1.807) is 5.01 Å². The molecule has 7 heteroatoms. The zero-order chi connectivity index (χ0) is 19.9.